The third-order valence-corrected chi connectivity index (χ3v) is 2.80. The third kappa shape index (κ3) is 2.74. The predicted molar refractivity (Wildman–Crippen MR) is 54.6 cm³/mol. The van der Waals surface area contributed by atoms with Gasteiger partial charge >= 0.3 is 5.97 Å². The molecule has 0 aliphatic carbocycles. The summed E-state index contributed by atoms with van der Waals surface area (Å²) < 4.78 is 5.22. The molecule has 0 bridgehead atoms. The van der Waals surface area contributed by atoms with Gasteiger partial charge in [-0.05, 0) is 39.8 Å². The summed E-state index contributed by atoms with van der Waals surface area (Å²) in [5.74, 6) is 1.83. The van der Waals surface area contributed by atoms with Crippen LogP contribution in [0.1, 0.15) is 26.7 Å². The van der Waals surface area contributed by atoms with Crippen LogP contribution in [0.25, 0.3) is 0 Å². The minimum absolute atomic E-state index is 0.404. The molecule has 0 unspecified atom stereocenters. The van der Waals surface area contributed by atoms with Crippen LogP contribution >= 0.6 is 0 Å². The molecule has 0 aromatic rings. The molecule has 0 saturated carbocycles. The van der Waals surface area contributed by atoms with Crippen LogP contribution in [0.3, 0.4) is 0 Å². The van der Waals surface area contributed by atoms with E-state index in [9.17, 15) is 4.79 Å². The molecule has 3 nitrogen and oxygen atoms in total. The largest absolute Gasteiger partial charge is 0.450 e. The third-order valence-electron chi connectivity index (χ3n) is 2.80. The van der Waals surface area contributed by atoms with E-state index in [0.29, 0.717) is 5.92 Å². The molecule has 14 heavy (non-hydrogen) atoms. The van der Waals surface area contributed by atoms with Gasteiger partial charge in [0.05, 0.1) is 0 Å². The topological polar surface area (TPSA) is 38.3 Å². The lowest BCUT2D eigenvalue weighted by Gasteiger charge is -2.36. The van der Waals surface area contributed by atoms with Gasteiger partial charge < -0.3 is 10.1 Å². The maximum atomic E-state index is 11.0. The second-order valence-electron chi connectivity index (χ2n) is 4.16. The number of piperidine rings is 1. The van der Waals surface area contributed by atoms with Crippen LogP contribution in [0.15, 0.2) is 0 Å². The molecule has 0 radical (unpaired) electrons. The fourth-order valence-electron chi connectivity index (χ4n) is 1.87. The maximum Gasteiger partial charge on any atom is 0.384 e. The van der Waals surface area contributed by atoms with Gasteiger partial charge in [-0.2, -0.15) is 0 Å². The van der Waals surface area contributed by atoms with Crippen molar-refractivity contribution < 1.29 is 9.53 Å². The Labute approximate surface area is 85.2 Å². The number of esters is 1. The van der Waals surface area contributed by atoms with Crippen molar-refractivity contribution >= 4 is 5.97 Å². The highest BCUT2D eigenvalue weighted by Gasteiger charge is 2.33. The fourth-order valence-corrected chi connectivity index (χ4v) is 1.87. The van der Waals surface area contributed by atoms with Crippen molar-refractivity contribution in [2.24, 2.45) is 5.92 Å². The molecular formula is C11H17NO2. The van der Waals surface area contributed by atoms with Crippen molar-refractivity contribution in [1.82, 2.24) is 5.32 Å². The van der Waals surface area contributed by atoms with Crippen LogP contribution in [0, 0.1) is 18.3 Å². The molecule has 78 valence electrons. The van der Waals surface area contributed by atoms with E-state index in [1.807, 2.05) is 19.8 Å². The molecule has 1 aliphatic rings. The Bertz CT molecular complexity index is 247. The zero-order chi connectivity index (χ0) is 10.6. The number of hydrogen-bond acceptors (Lipinski definition) is 3. The molecule has 1 fully saturated rings. The monoisotopic (exact) mass is 195 g/mol. The van der Waals surface area contributed by atoms with E-state index in [-0.39, 0.29) is 0 Å². The highest BCUT2D eigenvalue weighted by Crippen LogP contribution is 2.28. The van der Waals surface area contributed by atoms with Gasteiger partial charge in [0.15, 0.2) is 0 Å². The van der Waals surface area contributed by atoms with Crippen LogP contribution in [-0.2, 0) is 9.53 Å². The van der Waals surface area contributed by atoms with E-state index >= 15 is 0 Å². The van der Waals surface area contributed by atoms with E-state index in [1.165, 1.54) is 0 Å². The Morgan fingerprint density at radius 1 is 1.50 bits per heavy atom. The van der Waals surface area contributed by atoms with E-state index in [1.54, 1.807) is 0 Å². The minimum Gasteiger partial charge on any atom is -0.450 e. The quantitative estimate of drug-likeness (QED) is 0.405. The Kier molecular flexibility index (Phi) is 3.54. The summed E-state index contributed by atoms with van der Waals surface area (Å²) in [6.45, 7) is 5.83. The summed E-state index contributed by atoms with van der Waals surface area (Å²) in [5, 5.41) is 3.27. The van der Waals surface area contributed by atoms with E-state index in [0.717, 1.165) is 25.9 Å². The lowest BCUT2D eigenvalue weighted by molar-refractivity contribution is -0.155. The molecule has 1 heterocycles. The molecule has 0 spiro atoms. The normalized spacial score (nSPS) is 18.6. The lowest BCUT2D eigenvalue weighted by atomic mass is 9.83. The van der Waals surface area contributed by atoms with Crippen LogP contribution in [0.5, 0.6) is 0 Å². The molecule has 0 aromatic heterocycles. The predicted octanol–water partition coefficient (Wildman–Crippen LogP) is 0.941. The van der Waals surface area contributed by atoms with Crippen LogP contribution in [-0.4, -0.2) is 24.7 Å². The Morgan fingerprint density at radius 3 is 2.57 bits per heavy atom. The molecule has 0 aromatic carbocycles. The molecule has 1 saturated heterocycles. The fraction of sp³-hybridized carbons (Fsp3) is 0.727. The number of hydrogen-bond donors (Lipinski definition) is 1. The van der Waals surface area contributed by atoms with E-state index < -0.39 is 11.6 Å². The lowest BCUT2D eigenvalue weighted by Crippen LogP contribution is -2.42. The summed E-state index contributed by atoms with van der Waals surface area (Å²) >= 11 is 0. The first kappa shape index (κ1) is 11.1. The molecule has 0 atom stereocenters. The molecule has 1 aliphatic heterocycles. The molecule has 0 amide bonds. The Hall–Kier alpha value is -1.01. The second-order valence-corrected chi connectivity index (χ2v) is 4.16. The highest BCUT2D eigenvalue weighted by atomic mass is 16.6. The van der Waals surface area contributed by atoms with E-state index in [4.69, 9.17) is 11.2 Å². The van der Waals surface area contributed by atoms with Crippen molar-refractivity contribution in [2.75, 3.05) is 13.1 Å². The van der Waals surface area contributed by atoms with Gasteiger partial charge in [-0.3, -0.25) is 0 Å². The highest BCUT2D eigenvalue weighted by molar-refractivity contribution is 5.87. The average molecular weight is 195 g/mol. The number of nitrogens with one attached hydrogen (secondary N) is 1. The van der Waals surface area contributed by atoms with Gasteiger partial charge in [0, 0.05) is 11.8 Å². The summed E-state index contributed by atoms with van der Waals surface area (Å²) in [4.78, 5) is 11.0. The van der Waals surface area contributed by atoms with Crippen molar-refractivity contribution in [3.8, 4) is 12.3 Å². The van der Waals surface area contributed by atoms with E-state index in [2.05, 4.69) is 5.32 Å². The number of carbonyl (C=O) groups excluding carboxylic acids is 1. The Balaban J connectivity index is 2.54. The summed E-state index contributed by atoms with van der Waals surface area (Å²) in [6.07, 6.45) is 7.04. The SMILES string of the molecule is C#CC(=O)OC(C)(C)C1CCNCC1. The second kappa shape index (κ2) is 4.47. The molecule has 1 N–H and O–H groups in total. The van der Waals surface area contributed by atoms with Gasteiger partial charge in [0.25, 0.3) is 0 Å². The van der Waals surface area contributed by atoms with Gasteiger partial charge in [-0.15, -0.1) is 6.42 Å². The van der Waals surface area contributed by atoms with Crippen LogP contribution in [0.2, 0.25) is 0 Å². The minimum atomic E-state index is -0.562. The number of ether oxygens (including phenoxy) is 1. The molecule has 3 heteroatoms. The first-order valence-electron chi connectivity index (χ1n) is 4.96. The van der Waals surface area contributed by atoms with Crippen molar-refractivity contribution in [2.45, 2.75) is 32.3 Å². The van der Waals surface area contributed by atoms with Gasteiger partial charge in [-0.25, -0.2) is 4.79 Å². The van der Waals surface area contributed by atoms with Crippen LogP contribution < -0.4 is 5.32 Å². The number of carbonyl (C=O) groups is 1. The number of terminal acetylenes is 1. The smallest absolute Gasteiger partial charge is 0.384 e. The Morgan fingerprint density at radius 2 is 2.07 bits per heavy atom. The van der Waals surface area contributed by atoms with Crippen molar-refractivity contribution in [3.05, 3.63) is 0 Å². The van der Waals surface area contributed by atoms with Gasteiger partial charge in [0.2, 0.25) is 0 Å². The first-order valence-corrected chi connectivity index (χ1v) is 4.96. The van der Waals surface area contributed by atoms with Crippen molar-refractivity contribution in [3.63, 3.8) is 0 Å². The van der Waals surface area contributed by atoms with Gasteiger partial charge in [-0.1, -0.05) is 0 Å². The van der Waals surface area contributed by atoms with Crippen molar-refractivity contribution in [1.29, 1.82) is 0 Å². The van der Waals surface area contributed by atoms with Gasteiger partial charge in [0.1, 0.15) is 5.60 Å². The standard InChI is InChI=1S/C11H17NO2/c1-4-10(13)14-11(2,3)9-5-7-12-8-6-9/h1,9,12H,5-8H2,2-3H3. The molecule has 1 rings (SSSR count). The zero-order valence-electron chi connectivity index (χ0n) is 8.80. The first-order chi connectivity index (χ1) is 6.56. The maximum absolute atomic E-state index is 11.0. The summed E-state index contributed by atoms with van der Waals surface area (Å²) in [5.41, 5.74) is -0.439. The summed E-state index contributed by atoms with van der Waals surface area (Å²) in [6, 6.07) is 0. The summed E-state index contributed by atoms with van der Waals surface area (Å²) in [7, 11) is 0. The molecular weight excluding hydrogens is 178 g/mol. The van der Waals surface area contributed by atoms with Crippen LogP contribution in [0.4, 0.5) is 0 Å². The number of rotatable bonds is 2. The zero-order valence-corrected chi connectivity index (χ0v) is 8.80. The average Bonchev–Trinajstić information content (AvgIpc) is 2.18.